The number of hydrogen-bond acceptors (Lipinski definition) is 4. The van der Waals surface area contributed by atoms with Crippen LogP contribution in [0.4, 0.5) is 0 Å². The van der Waals surface area contributed by atoms with Gasteiger partial charge in [0.15, 0.2) is 5.82 Å². The Balaban J connectivity index is 2.01. The molecule has 1 N–H and O–H groups in total. The molecule has 0 spiro atoms. The number of rotatable bonds is 1. The Morgan fingerprint density at radius 2 is 1.89 bits per heavy atom. The third-order valence-corrected chi connectivity index (χ3v) is 3.09. The summed E-state index contributed by atoms with van der Waals surface area (Å²) in [5, 5.41) is 11.8. The number of fused-ring (bicyclic) bond motifs is 2. The van der Waals surface area contributed by atoms with E-state index in [-0.39, 0.29) is 0 Å². The van der Waals surface area contributed by atoms with Gasteiger partial charge in [0.25, 0.3) is 0 Å². The number of nitrogens with one attached hydrogen (secondary N) is 1. The second-order valence-electron chi connectivity index (χ2n) is 4.27. The molecule has 2 heterocycles. The molecule has 0 radical (unpaired) electrons. The highest BCUT2D eigenvalue weighted by molar-refractivity contribution is 5.90. The molecular formula is C14H9N5. The van der Waals surface area contributed by atoms with E-state index in [0.717, 1.165) is 27.5 Å². The van der Waals surface area contributed by atoms with Crippen LogP contribution in [0.5, 0.6) is 0 Å². The largest absolute Gasteiger partial charge is 0.258 e. The molecule has 0 bridgehead atoms. The Bertz CT molecular complexity index is 881. The van der Waals surface area contributed by atoms with E-state index in [1.54, 1.807) is 0 Å². The van der Waals surface area contributed by atoms with Gasteiger partial charge in [0, 0.05) is 17.1 Å². The van der Waals surface area contributed by atoms with Gasteiger partial charge in [-0.2, -0.15) is 0 Å². The van der Waals surface area contributed by atoms with Crippen molar-refractivity contribution in [2.45, 2.75) is 0 Å². The molecule has 4 rings (SSSR count). The monoisotopic (exact) mass is 247 g/mol. The first-order valence-electron chi connectivity index (χ1n) is 5.94. The van der Waals surface area contributed by atoms with Gasteiger partial charge in [0.1, 0.15) is 5.52 Å². The molecule has 0 saturated carbocycles. The van der Waals surface area contributed by atoms with Crippen molar-refractivity contribution in [1.29, 1.82) is 0 Å². The summed E-state index contributed by atoms with van der Waals surface area (Å²) in [6, 6.07) is 13.7. The first-order valence-corrected chi connectivity index (χ1v) is 5.94. The molecule has 0 aliphatic carbocycles. The second kappa shape index (κ2) is 3.84. The van der Waals surface area contributed by atoms with E-state index < -0.39 is 0 Å². The van der Waals surface area contributed by atoms with Crippen molar-refractivity contribution in [2.75, 3.05) is 0 Å². The average molecular weight is 247 g/mol. The Hall–Kier alpha value is -2.82. The molecule has 0 amide bonds. The maximum absolute atomic E-state index is 4.58. The zero-order chi connectivity index (χ0) is 12.7. The molecular weight excluding hydrogens is 238 g/mol. The van der Waals surface area contributed by atoms with Gasteiger partial charge in [-0.15, -0.1) is 5.10 Å². The maximum Gasteiger partial charge on any atom is 0.162 e. The summed E-state index contributed by atoms with van der Waals surface area (Å²) in [5.41, 5.74) is 3.48. The number of hydrogen-bond donors (Lipinski definition) is 1. The minimum atomic E-state index is 0.665. The molecule has 90 valence electrons. The van der Waals surface area contributed by atoms with E-state index in [2.05, 4.69) is 25.4 Å². The van der Waals surface area contributed by atoms with Crippen LogP contribution >= 0.6 is 0 Å². The molecule has 2 aromatic heterocycles. The van der Waals surface area contributed by atoms with Crippen molar-refractivity contribution in [2.24, 2.45) is 0 Å². The standard InChI is InChI=1S/C14H9N5/c1-2-6-11-9(4-1)8-15-14(16-11)10-5-3-7-12-13(10)18-19-17-12/h1-8H,(H,17,18,19). The molecule has 2 aromatic carbocycles. The lowest BCUT2D eigenvalue weighted by Gasteiger charge is -2.02. The van der Waals surface area contributed by atoms with Crippen LogP contribution < -0.4 is 0 Å². The predicted molar refractivity (Wildman–Crippen MR) is 72.4 cm³/mol. The van der Waals surface area contributed by atoms with E-state index in [1.165, 1.54) is 0 Å². The highest BCUT2D eigenvalue weighted by atomic mass is 15.3. The first kappa shape index (κ1) is 10.1. The van der Waals surface area contributed by atoms with Gasteiger partial charge in [0.05, 0.1) is 11.0 Å². The molecule has 4 aromatic rings. The quantitative estimate of drug-likeness (QED) is 0.561. The molecule has 0 aliphatic rings. The molecule has 0 saturated heterocycles. The van der Waals surface area contributed by atoms with Gasteiger partial charge in [0.2, 0.25) is 0 Å². The minimum Gasteiger partial charge on any atom is -0.258 e. The van der Waals surface area contributed by atoms with Gasteiger partial charge in [-0.1, -0.05) is 29.5 Å². The van der Waals surface area contributed by atoms with Crippen LogP contribution in [0.15, 0.2) is 48.7 Å². The van der Waals surface area contributed by atoms with Crippen molar-refractivity contribution in [1.82, 2.24) is 25.4 Å². The van der Waals surface area contributed by atoms with Crippen molar-refractivity contribution in [3.63, 3.8) is 0 Å². The number of para-hydroxylation sites is 1. The SMILES string of the molecule is c1ccc2nc(-c3cccc4[nH]nnc34)ncc2c1. The number of aromatic amines is 1. The summed E-state index contributed by atoms with van der Waals surface area (Å²) in [4.78, 5) is 9.00. The normalized spacial score (nSPS) is 11.2. The molecule has 5 heteroatoms. The van der Waals surface area contributed by atoms with Crippen LogP contribution in [-0.4, -0.2) is 25.4 Å². The van der Waals surface area contributed by atoms with Crippen molar-refractivity contribution >= 4 is 21.9 Å². The highest BCUT2D eigenvalue weighted by Crippen LogP contribution is 2.24. The van der Waals surface area contributed by atoms with Crippen LogP contribution in [0, 0.1) is 0 Å². The van der Waals surface area contributed by atoms with Crippen LogP contribution in [0.1, 0.15) is 0 Å². The number of H-pyrrole nitrogens is 1. The minimum absolute atomic E-state index is 0.665. The Kier molecular flexibility index (Phi) is 2.05. The van der Waals surface area contributed by atoms with E-state index in [9.17, 15) is 0 Å². The van der Waals surface area contributed by atoms with E-state index in [0.29, 0.717) is 5.82 Å². The van der Waals surface area contributed by atoms with Gasteiger partial charge in [-0.3, -0.25) is 5.10 Å². The molecule has 0 unspecified atom stereocenters. The lowest BCUT2D eigenvalue weighted by molar-refractivity contribution is 0.959. The summed E-state index contributed by atoms with van der Waals surface area (Å²) in [7, 11) is 0. The molecule has 0 atom stereocenters. The number of benzene rings is 2. The summed E-state index contributed by atoms with van der Waals surface area (Å²) in [6.07, 6.45) is 1.83. The topological polar surface area (TPSA) is 67.3 Å². The predicted octanol–water partition coefficient (Wildman–Crippen LogP) is 2.57. The molecule has 19 heavy (non-hydrogen) atoms. The Morgan fingerprint density at radius 3 is 2.89 bits per heavy atom. The lowest BCUT2D eigenvalue weighted by atomic mass is 10.1. The van der Waals surface area contributed by atoms with Crippen molar-refractivity contribution in [3.8, 4) is 11.4 Å². The highest BCUT2D eigenvalue weighted by Gasteiger charge is 2.09. The van der Waals surface area contributed by atoms with Crippen LogP contribution in [-0.2, 0) is 0 Å². The fourth-order valence-corrected chi connectivity index (χ4v) is 2.15. The number of aromatic nitrogens is 5. The molecule has 0 fully saturated rings. The Morgan fingerprint density at radius 1 is 0.947 bits per heavy atom. The van der Waals surface area contributed by atoms with Crippen LogP contribution in [0.3, 0.4) is 0 Å². The van der Waals surface area contributed by atoms with Crippen molar-refractivity contribution < 1.29 is 0 Å². The van der Waals surface area contributed by atoms with E-state index in [4.69, 9.17) is 0 Å². The fourth-order valence-electron chi connectivity index (χ4n) is 2.15. The van der Waals surface area contributed by atoms with Crippen LogP contribution in [0.2, 0.25) is 0 Å². The zero-order valence-corrected chi connectivity index (χ0v) is 9.91. The third kappa shape index (κ3) is 1.55. The molecule has 0 aliphatic heterocycles. The summed E-state index contributed by atoms with van der Waals surface area (Å²) in [6.45, 7) is 0. The fraction of sp³-hybridized carbons (Fsp3) is 0. The third-order valence-electron chi connectivity index (χ3n) is 3.09. The van der Waals surface area contributed by atoms with Crippen LogP contribution in [0.25, 0.3) is 33.3 Å². The maximum atomic E-state index is 4.58. The van der Waals surface area contributed by atoms with Crippen molar-refractivity contribution in [3.05, 3.63) is 48.7 Å². The smallest absolute Gasteiger partial charge is 0.162 e. The van der Waals surface area contributed by atoms with Gasteiger partial charge < -0.3 is 0 Å². The number of nitrogens with zero attached hydrogens (tertiary/aromatic N) is 4. The summed E-state index contributed by atoms with van der Waals surface area (Å²) < 4.78 is 0. The van der Waals surface area contributed by atoms with E-state index >= 15 is 0 Å². The Labute approximate surface area is 108 Å². The zero-order valence-electron chi connectivity index (χ0n) is 9.91. The first-order chi connectivity index (χ1) is 9.42. The second-order valence-corrected chi connectivity index (χ2v) is 4.27. The van der Waals surface area contributed by atoms with Gasteiger partial charge in [-0.25, -0.2) is 9.97 Å². The average Bonchev–Trinajstić information content (AvgIpc) is 2.95. The lowest BCUT2D eigenvalue weighted by Crippen LogP contribution is -1.90. The van der Waals surface area contributed by atoms with E-state index in [1.807, 2.05) is 48.7 Å². The molecule has 5 nitrogen and oxygen atoms in total. The van der Waals surface area contributed by atoms with Gasteiger partial charge >= 0.3 is 0 Å². The summed E-state index contributed by atoms with van der Waals surface area (Å²) in [5.74, 6) is 0.665. The summed E-state index contributed by atoms with van der Waals surface area (Å²) >= 11 is 0. The van der Waals surface area contributed by atoms with Gasteiger partial charge in [-0.05, 0) is 18.2 Å².